The van der Waals surface area contributed by atoms with E-state index in [2.05, 4.69) is 21.8 Å². The van der Waals surface area contributed by atoms with Crippen molar-refractivity contribution in [2.24, 2.45) is 0 Å². The van der Waals surface area contributed by atoms with E-state index in [0.29, 0.717) is 5.95 Å². The highest BCUT2D eigenvalue weighted by molar-refractivity contribution is 7.16. The molecule has 0 aliphatic rings. The summed E-state index contributed by atoms with van der Waals surface area (Å²) in [7, 11) is 0. The third-order valence-corrected chi connectivity index (χ3v) is 3.40. The summed E-state index contributed by atoms with van der Waals surface area (Å²) in [6.07, 6.45) is 0.726. The second-order valence-corrected chi connectivity index (χ2v) is 4.60. The van der Waals surface area contributed by atoms with Crippen molar-refractivity contribution in [2.45, 2.75) is 13.3 Å². The van der Waals surface area contributed by atoms with Crippen molar-refractivity contribution in [2.75, 3.05) is 30.3 Å². The molecular formula is C11H16N4OS. The molecule has 92 valence electrons. The van der Waals surface area contributed by atoms with Crippen molar-refractivity contribution >= 4 is 33.3 Å². The van der Waals surface area contributed by atoms with Crippen LogP contribution in [0.1, 0.15) is 13.3 Å². The van der Waals surface area contributed by atoms with Crippen LogP contribution in [0.25, 0.3) is 10.2 Å². The lowest BCUT2D eigenvalue weighted by molar-refractivity contribution is 0.289. The molecule has 0 bridgehead atoms. The Hall–Kier alpha value is -1.40. The lowest BCUT2D eigenvalue weighted by Crippen LogP contribution is -2.26. The molecule has 2 aromatic rings. The molecule has 0 spiro atoms. The molecule has 0 aliphatic carbocycles. The summed E-state index contributed by atoms with van der Waals surface area (Å²) in [5.41, 5.74) is 5.71. The Kier molecular flexibility index (Phi) is 3.75. The molecule has 0 radical (unpaired) electrons. The van der Waals surface area contributed by atoms with E-state index in [1.54, 1.807) is 11.3 Å². The highest BCUT2D eigenvalue weighted by Gasteiger charge is 2.12. The summed E-state index contributed by atoms with van der Waals surface area (Å²) in [5, 5.41) is 11.9. The largest absolute Gasteiger partial charge is 0.396 e. The number of hydrogen-bond acceptors (Lipinski definition) is 6. The standard InChI is InChI=1S/C11H16N4OS/c1-2-15(5-3-6-16)9-8-4-7-17-10(8)14-11(12)13-9/h4,7,16H,2-3,5-6H2,1H3,(H2,12,13,14). The Morgan fingerprint density at radius 2 is 2.29 bits per heavy atom. The molecule has 5 nitrogen and oxygen atoms in total. The highest BCUT2D eigenvalue weighted by Crippen LogP contribution is 2.28. The molecule has 17 heavy (non-hydrogen) atoms. The van der Waals surface area contributed by atoms with E-state index in [9.17, 15) is 0 Å². The second-order valence-electron chi connectivity index (χ2n) is 3.70. The van der Waals surface area contributed by atoms with Crippen LogP contribution in [0.2, 0.25) is 0 Å². The van der Waals surface area contributed by atoms with Crippen LogP contribution in [0.4, 0.5) is 11.8 Å². The topological polar surface area (TPSA) is 75.3 Å². The smallest absolute Gasteiger partial charge is 0.223 e. The first-order chi connectivity index (χ1) is 8.26. The zero-order valence-corrected chi connectivity index (χ0v) is 10.6. The molecule has 0 aliphatic heterocycles. The van der Waals surface area contributed by atoms with Crippen LogP contribution in [0, 0.1) is 0 Å². The van der Waals surface area contributed by atoms with Crippen molar-refractivity contribution in [1.29, 1.82) is 0 Å². The number of nitrogen functional groups attached to an aromatic ring is 1. The molecule has 0 saturated carbocycles. The number of aliphatic hydroxyl groups is 1. The van der Waals surface area contributed by atoms with Gasteiger partial charge in [-0.05, 0) is 24.8 Å². The molecule has 0 unspecified atom stereocenters. The van der Waals surface area contributed by atoms with Crippen molar-refractivity contribution in [3.63, 3.8) is 0 Å². The minimum absolute atomic E-state index is 0.184. The number of rotatable bonds is 5. The fourth-order valence-corrected chi connectivity index (χ4v) is 2.54. The Labute approximate surface area is 104 Å². The van der Waals surface area contributed by atoms with Crippen LogP contribution in [0.15, 0.2) is 11.4 Å². The third kappa shape index (κ3) is 2.48. The van der Waals surface area contributed by atoms with Crippen molar-refractivity contribution < 1.29 is 5.11 Å². The first-order valence-electron chi connectivity index (χ1n) is 5.62. The van der Waals surface area contributed by atoms with Gasteiger partial charge in [0.05, 0.1) is 5.39 Å². The predicted octanol–water partition coefficient (Wildman–Crippen LogP) is 1.48. The molecule has 2 heterocycles. The molecule has 2 rings (SSSR count). The molecule has 0 fully saturated rings. The quantitative estimate of drug-likeness (QED) is 0.843. The van der Waals surface area contributed by atoms with E-state index in [1.165, 1.54) is 0 Å². The van der Waals surface area contributed by atoms with Crippen molar-refractivity contribution in [1.82, 2.24) is 9.97 Å². The fraction of sp³-hybridized carbons (Fsp3) is 0.455. The Balaban J connectivity index is 2.40. The Morgan fingerprint density at radius 3 is 3.00 bits per heavy atom. The maximum Gasteiger partial charge on any atom is 0.223 e. The Morgan fingerprint density at radius 1 is 1.47 bits per heavy atom. The number of nitrogens with two attached hydrogens (primary N) is 1. The highest BCUT2D eigenvalue weighted by atomic mass is 32.1. The summed E-state index contributed by atoms with van der Waals surface area (Å²) >= 11 is 1.56. The number of aliphatic hydroxyl groups excluding tert-OH is 1. The molecule has 2 aromatic heterocycles. The molecular weight excluding hydrogens is 236 g/mol. The number of fused-ring (bicyclic) bond motifs is 1. The van der Waals surface area contributed by atoms with Crippen LogP contribution >= 0.6 is 11.3 Å². The van der Waals surface area contributed by atoms with Crippen LogP contribution in [0.5, 0.6) is 0 Å². The number of thiophene rings is 1. The first kappa shape index (κ1) is 12.1. The minimum Gasteiger partial charge on any atom is -0.396 e. The van der Waals surface area contributed by atoms with Gasteiger partial charge in [0.15, 0.2) is 0 Å². The molecule has 6 heteroatoms. The number of hydrogen-bond donors (Lipinski definition) is 2. The summed E-state index contributed by atoms with van der Waals surface area (Å²) in [5.74, 6) is 1.17. The number of anilines is 2. The van der Waals surface area contributed by atoms with Gasteiger partial charge in [-0.2, -0.15) is 4.98 Å². The van der Waals surface area contributed by atoms with Crippen LogP contribution in [0.3, 0.4) is 0 Å². The average molecular weight is 252 g/mol. The van der Waals surface area contributed by atoms with E-state index in [0.717, 1.165) is 35.5 Å². The minimum atomic E-state index is 0.184. The lowest BCUT2D eigenvalue weighted by atomic mass is 10.3. The fourth-order valence-electron chi connectivity index (χ4n) is 1.77. The summed E-state index contributed by atoms with van der Waals surface area (Å²) in [6, 6.07) is 2.01. The summed E-state index contributed by atoms with van der Waals surface area (Å²) < 4.78 is 0. The predicted molar refractivity (Wildman–Crippen MR) is 71.4 cm³/mol. The molecule has 0 aromatic carbocycles. The zero-order chi connectivity index (χ0) is 12.3. The van der Waals surface area contributed by atoms with Gasteiger partial charge >= 0.3 is 0 Å². The van der Waals surface area contributed by atoms with Gasteiger partial charge in [-0.25, -0.2) is 4.98 Å². The van der Waals surface area contributed by atoms with Gasteiger partial charge in [0.25, 0.3) is 0 Å². The van der Waals surface area contributed by atoms with E-state index in [4.69, 9.17) is 10.8 Å². The van der Waals surface area contributed by atoms with Gasteiger partial charge in [-0.1, -0.05) is 0 Å². The molecule has 0 amide bonds. The number of nitrogens with zero attached hydrogens (tertiary/aromatic N) is 3. The van der Waals surface area contributed by atoms with E-state index < -0.39 is 0 Å². The third-order valence-electron chi connectivity index (χ3n) is 2.59. The van der Waals surface area contributed by atoms with Gasteiger partial charge in [-0.15, -0.1) is 11.3 Å². The molecule has 0 atom stereocenters. The number of aromatic nitrogens is 2. The zero-order valence-electron chi connectivity index (χ0n) is 9.76. The van der Waals surface area contributed by atoms with Gasteiger partial charge in [0.1, 0.15) is 10.6 Å². The summed E-state index contributed by atoms with van der Waals surface area (Å²) in [6.45, 7) is 3.85. The average Bonchev–Trinajstić information content (AvgIpc) is 2.77. The van der Waals surface area contributed by atoms with Gasteiger partial charge in [0.2, 0.25) is 5.95 Å². The van der Waals surface area contributed by atoms with E-state index >= 15 is 0 Å². The monoisotopic (exact) mass is 252 g/mol. The van der Waals surface area contributed by atoms with E-state index in [1.807, 2.05) is 11.4 Å². The SMILES string of the molecule is CCN(CCCO)c1nc(N)nc2sccc12. The van der Waals surface area contributed by atoms with Gasteiger partial charge in [-0.3, -0.25) is 0 Å². The van der Waals surface area contributed by atoms with Gasteiger partial charge < -0.3 is 15.7 Å². The first-order valence-corrected chi connectivity index (χ1v) is 6.50. The maximum atomic E-state index is 8.90. The molecule has 0 saturated heterocycles. The van der Waals surface area contributed by atoms with Crippen LogP contribution < -0.4 is 10.6 Å². The van der Waals surface area contributed by atoms with Crippen molar-refractivity contribution in [3.8, 4) is 0 Å². The van der Waals surface area contributed by atoms with Gasteiger partial charge in [0, 0.05) is 19.7 Å². The van der Waals surface area contributed by atoms with Crippen LogP contribution in [-0.4, -0.2) is 34.8 Å². The maximum absolute atomic E-state index is 8.90. The van der Waals surface area contributed by atoms with Crippen molar-refractivity contribution in [3.05, 3.63) is 11.4 Å². The Bertz CT molecular complexity index is 499. The molecule has 3 N–H and O–H groups in total. The van der Waals surface area contributed by atoms with Crippen LogP contribution in [-0.2, 0) is 0 Å². The van der Waals surface area contributed by atoms with E-state index in [-0.39, 0.29) is 6.61 Å². The normalized spacial score (nSPS) is 10.9. The lowest BCUT2D eigenvalue weighted by Gasteiger charge is -2.22. The summed E-state index contributed by atoms with van der Waals surface area (Å²) in [4.78, 5) is 11.5. The second kappa shape index (κ2) is 5.29.